The molecule has 1 rings (SSSR count). The highest BCUT2D eigenvalue weighted by molar-refractivity contribution is 9.11. The van der Waals surface area contributed by atoms with Gasteiger partial charge in [-0.2, -0.15) is 4.98 Å². The van der Waals surface area contributed by atoms with Gasteiger partial charge in [-0.25, -0.2) is 4.68 Å². The number of halogens is 2. The van der Waals surface area contributed by atoms with E-state index >= 15 is 0 Å². The van der Waals surface area contributed by atoms with E-state index in [1.54, 1.807) is 0 Å². The lowest BCUT2D eigenvalue weighted by atomic mass is 10.3. The average Bonchev–Trinajstić information content (AvgIpc) is 2.26. The summed E-state index contributed by atoms with van der Waals surface area (Å²) in [5.74, 6) is 0. The van der Waals surface area contributed by atoms with E-state index in [1.807, 2.05) is 4.68 Å². The maximum Gasteiger partial charge on any atom is 0.218 e. The fourth-order valence-corrected chi connectivity index (χ4v) is 1.77. The van der Waals surface area contributed by atoms with Crippen LogP contribution in [0, 0.1) is 0 Å². The van der Waals surface area contributed by atoms with Gasteiger partial charge >= 0.3 is 0 Å². The normalized spacial score (nSPS) is 10.5. The highest BCUT2D eigenvalue weighted by Crippen LogP contribution is 2.11. The highest BCUT2D eigenvalue weighted by Gasteiger charge is 2.02. The van der Waals surface area contributed by atoms with Crippen LogP contribution in [0.1, 0.15) is 19.8 Å². The Labute approximate surface area is 82.5 Å². The van der Waals surface area contributed by atoms with Crippen molar-refractivity contribution in [3.05, 3.63) is 9.47 Å². The molecule has 0 atom stereocenters. The minimum Gasteiger partial charge on any atom is -0.239 e. The number of hydrogen-bond donors (Lipinski definition) is 0. The number of rotatable bonds is 3. The molecule has 0 aromatic carbocycles. The molecule has 0 bridgehead atoms. The molecule has 0 saturated carbocycles. The van der Waals surface area contributed by atoms with Gasteiger partial charge in [-0.05, 0) is 38.3 Å². The van der Waals surface area contributed by atoms with Gasteiger partial charge in [0.1, 0.15) is 0 Å². The van der Waals surface area contributed by atoms with Gasteiger partial charge in [0.25, 0.3) is 0 Å². The lowest BCUT2D eigenvalue weighted by Gasteiger charge is -1.97. The van der Waals surface area contributed by atoms with Crippen LogP contribution in [0.3, 0.4) is 0 Å². The van der Waals surface area contributed by atoms with Crippen molar-refractivity contribution >= 4 is 31.9 Å². The molecule has 0 amide bonds. The molecule has 1 aromatic heterocycles. The largest absolute Gasteiger partial charge is 0.239 e. The van der Waals surface area contributed by atoms with Crippen molar-refractivity contribution < 1.29 is 0 Å². The molecular weight excluding hydrogens is 274 g/mol. The van der Waals surface area contributed by atoms with Crippen LogP contribution in [0.2, 0.25) is 0 Å². The van der Waals surface area contributed by atoms with E-state index < -0.39 is 0 Å². The maximum absolute atomic E-state index is 4.12. The zero-order chi connectivity index (χ0) is 8.27. The molecular formula is C6H9Br2N3. The quantitative estimate of drug-likeness (QED) is 0.853. The fourth-order valence-electron chi connectivity index (χ4n) is 0.747. The summed E-state index contributed by atoms with van der Waals surface area (Å²) < 4.78 is 3.27. The third-order valence-electron chi connectivity index (χ3n) is 1.32. The van der Waals surface area contributed by atoms with E-state index in [2.05, 4.69) is 48.9 Å². The molecule has 0 N–H and O–H groups in total. The van der Waals surface area contributed by atoms with Gasteiger partial charge in [-0.3, -0.25) is 0 Å². The summed E-state index contributed by atoms with van der Waals surface area (Å²) in [6.07, 6.45) is 2.30. The first-order chi connectivity index (χ1) is 5.24. The van der Waals surface area contributed by atoms with E-state index in [9.17, 15) is 0 Å². The fraction of sp³-hybridized carbons (Fsp3) is 0.667. The van der Waals surface area contributed by atoms with Gasteiger partial charge in [0.05, 0.1) is 0 Å². The first-order valence-corrected chi connectivity index (χ1v) is 5.08. The first-order valence-electron chi connectivity index (χ1n) is 3.50. The van der Waals surface area contributed by atoms with Gasteiger partial charge in [-0.1, -0.05) is 13.3 Å². The zero-order valence-electron chi connectivity index (χ0n) is 6.22. The molecule has 0 unspecified atom stereocenters. The van der Waals surface area contributed by atoms with Crippen molar-refractivity contribution in [3.8, 4) is 0 Å². The SMILES string of the molecule is CCCCn1nc(Br)nc1Br. The summed E-state index contributed by atoms with van der Waals surface area (Å²) in [5, 5.41) is 4.12. The summed E-state index contributed by atoms with van der Waals surface area (Å²) in [5.41, 5.74) is 0. The molecule has 1 heterocycles. The van der Waals surface area contributed by atoms with Crippen LogP contribution in [-0.2, 0) is 6.54 Å². The van der Waals surface area contributed by atoms with Gasteiger partial charge < -0.3 is 0 Å². The lowest BCUT2D eigenvalue weighted by Crippen LogP contribution is -1.99. The predicted octanol–water partition coefficient (Wildman–Crippen LogP) is 2.60. The minimum absolute atomic E-state index is 0.639. The molecule has 3 nitrogen and oxygen atoms in total. The van der Waals surface area contributed by atoms with Crippen molar-refractivity contribution in [2.75, 3.05) is 0 Å². The molecule has 5 heteroatoms. The zero-order valence-corrected chi connectivity index (χ0v) is 9.39. The molecule has 0 saturated heterocycles. The smallest absolute Gasteiger partial charge is 0.218 e. The maximum atomic E-state index is 4.12. The van der Waals surface area contributed by atoms with Crippen LogP contribution in [0.25, 0.3) is 0 Å². The molecule has 11 heavy (non-hydrogen) atoms. The second-order valence-electron chi connectivity index (χ2n) is 2.23. The topological polar surface area (TPSA) is 30.7 Å². The summed E-state index contributed by atoms with van der Waals surface area (Å²) in [6.45, 7) is 3.08. The highest BCUT2D eigenvalue weighted by atomic mass is 79.9. The number of aryl methyl sites for hydroxylation is 1. The van der Waals surface area contributed by atoms with E-state index in [4.69, 9.17) is 0 Å². The summed E-state index contributed by atoms with van der Waals surface area (Å²) in [6, 6.07) is 0. The van der Waals surface area contributed by atoms with E-state index in [1.165, 1.54) is 6.42 Å². The van der Waals surface area contributed by atoms with Crippen LogP contribution in [0.5, 0.6) is 0 Å². The predicted molar refractivity (Wildman–Crippen MR) is 50.3 cm³/mol. The van der Waals surface area contributed by atoms with Gasteiger partial charge in [0, 0.05) is 6.54 Å². The monoisotopic (exact) mass is 281 g/mol. The molecule has 1 aromatic rings. The van der Waals surface area contributed by atoms with Crippen molar-refractivity contribution in [2.45, 2.75) is 26.3 Å². The minimum atomic E-state index is 0.639. The number of nitrogens with zero attached hydrogens (tertiary/aromatic N) is 3. The van der Waals surface area contributed by atoms with Crippen molar-refractivity contribution in [3.63, 3.8) is 0 Å². The van der Waals surface area contributed by atoms with Crippen LogP contribution in [0.15, 0.2) is 9.47 Å². The van der Waals surface area contributed by atoms with E-state index in [-0.39, 0.29) is 0 Å². The first kappa shape index (κ1) is 9.19. The number of unbranched alkanes of at least 4 members (excludes halogenated alkanes) is 1. The Bertz CT molecular complexity index is 234. The second-order valence-corrected chi connectivity index (χ2v) is 3.65. The summed E-state index contributed by atoms with van der Waals surface area (Å²) in [7, 11) is 0. The Morgan fingerprint density at radius 2 is 2.18 bits per heavy atom. The summed E-state index contributed by atoms with van der Waals surface area (Å²) in [4.78, 5) is 4.05. The Morgan fingerprint density at radius 1 is 1.45 bits per heavy atom. The molecule has 0 radical (unpaired) electrons. The van der Waals surface area contributed by atoms with Crippen LogP contribution < -0.4 is 0 Å². The van der Waals surface area contributed by atoms with Crippen molar-refractivity contribution in [1.82, 2.24) is 14.8 Å². The average molecular weight is 283 g/mol. The summed E-state index contributed by atoms with van der Waals surface area (Å²) >= 11 is 6.51. The number of hydrogen-bond acceptors (Lipinski definition) is 2. The Hall–Kier alpha value is 0.1000. The van der Waals surface area contributed by atoms with E-state index in [0.717, 1.165) is 17.7 Å². The molecule has 0 aliphatic heterocycles. The van der Waals surface area contributed by atoms with Gasteiger partial charge in [-0.15, -0.1) is 5.10 Å². The Morgan fingerprint density at radius 3 is 2.64 bits per heavy atom. The molecule has 0 spiro atoms. The molecule has 0 fully saturated rings. The molecule has 0 aliphatic carbocycles. The number of aromatic nitrogens is 3. The van der Waals surface area contributed by atoms with Gasteiger partial charge in [0.15, 0.2) is 4.73 Å². The van der Waals surface area contributed by atoms with E-state index in [0.29, 0.717) is 4.73 Å². The molecule has 62 valence electrons. The second kappa shape index (κ2) is 4.21. The van der Waals surface area contributed by atoms with Crippen LogP contribution >= 0.6 is 31.9 Å². The van der Waals surface area contributed by atoms with Crippen LogP contribution in [-0.4, -0.2) is 14.8 Å². The van der Waals surface area contributed by atoms with Gasteiger partial charge in [0.2, 0.25) is 4.73 Å². The van der Waals surface area contributed by atoms with Crippen molar-refractivity contribution in [2.24, 2.45) is 0 Å². The van der Waals surface area contributed by atoms with Crippen LogP contribution in [0.4, 0.5) is 0 Å². The lowest BCUT2D eigenvalue weighted by molar-refractivity contribution is 0.558. The third kappa shape index (κ3) is 2.56. The standard InChI is InChI=1S/C6H9Br2N3/c1-2-3-4-11-6(8)9-5(7)10-11/h2-4H2,1H3. The Balaban J connectivity index is 2.62. The Kier molecular flexibility index (Phi) is 3.51. The third-order valence-corrected chi connectivity index (χ3v) is 2.25. The molecule has 0 aliphatic rings. The van der Waals surface area contributed by atoms with Crippen molar-refractivity contribution in [1.29, 1.82) is 0 Å².